The van der Waals surface area contributed by atoms with E-state index in [2.05, 4.69) is 203 Å². The number of allylic oxidation sites excluding steroid dienone is 30. The lowest BCUT2D eigenvalue weighted by molar-refractivity contribution is -0.167. The fraction of sp³-hybridized carbons (Fsp3) is 0.548. The maximum atomic E-state index is 12.9. The maximum Gasteiger partial charge on any atom is 0.306 e. The lowest BCUT2D eigenvalue weighted by Gasteiger charge is -2.18. The Kier molecular flexibility index (Phi) is 60.5. The summed E-state index contributed by atoms with van der Waals surface area (Å²) in [5.74, 6) is -1.02. The van der Waals surface area contributed by atoms with E-state index in [0.717, 1.165) is 161 Å². The average Bonchev–Trinajstić information content (AvgIpc) is 3.45. The molecule has 0 aliphatic carbocycles. The van der Waals surface area contributed by atoms with Gasteiger partial charge in [-0.05, 0) is 161 Å². The van der Waals surface area contributed by atoms with E-state index in [1.54, 1.807) is 0 Å². The summed E-state index contributed by atoms with van der Waals surface area (Å²) < 4.78 is 16.8. The molecule has 0 spiro atoms. The Hall–Kier alpha value is -5.49. The van der Waals surface area contributed by atoms with E-state index in [4.69, 9.17) is 14.2 Å². The Bertz CT molecular complexity index is 1870. The minimum Gasteiger partial charge on any atom is -0.462 e. The van der Waals surface area contributed by atoms with Gasteiger partial charge in [-0.1, -0.05) is 242 Å². The third kappa shape index (κ3) is 63.2. The molecule has 0 saturated heterocycles. The minimum absolute atomic E-state index is 0.122. The Morgan fingerprint density at radius 2 is 0.494 bits per heavy atom. The molecule has 0 aromatic heterocycles. The van der Waals surface area contributed by atoms with E-state index in [-0.39, 0.29) is 44.0 Å². The first-order valence-corrected chi connectivity index (χ1v) is 31.3. The van der Waals surface area contributed by atoms with Crippen molar-refractivity contribution in [1.29, 1.82) is 0 Å². The number of esters is 3. The molecule has 0 radical (unpaired) electrons. The van der Waals surface area contributed by atoms with Crippen LogP contribution >= 0.6 is 0 Å². The molecule has 0 fully saturated rings. The van der Waals surface area contributed by atoms with E-state index in [0.29, 0.717) is 19.3 Å². The molecule has 0 N–H and O–H groups in total. The molecule has 6 heteroatoms. The number of hydrogen-bond acceptors (Lipinski definition) is 6. The summed E-state index contributed by atoms with van der Waals surface area (Å²) in [5, 5.41) is 0. The summed E-state index contributed by atoms with van der Waals surface area (Å²) >= 11 is 0. The zero-order valence-corrected chi connectivity index (χ0v) is 50.3. The van der Waals surface area contributed by atoms with Crippen LogP contribution in [0.1, 0.15) is 239 Å². The molecule has 0 amide bonds. The second-order valence-electron chi connectivity index (χ2n) is 19.8. The fourth-order valence-electron chi connectivity index (χ4n) is 7.75. The van der Waals surface area contributed by atoms with Crippen molar-refractivity contribution in [1.82, 2.24) is 0 Å². The molecule has 0 rings (SSSR count). The van der Waals surface area contributed by atoms with Gasteiger partial charge in [0, 0.05) is 19.3 Å². The van der Waals surface area contributed by atoms with Gasteiger partial charge in [0.15, 0.2) is 6.10 Å². The molecule has 0 aliphatic heterocycles. The summed E-state index contributed by atoms with van der Waals surface area (Å²) in [5.41, 5.74) is 0. The lowest BCUT2D eigenvalue weighted by Crippen LogP contribution is -2.30. The second kappa shape index (κ2) is 65.0. The highest BCUT2D eigenvalue weighted by molar-refractivity contribution is 5.71. The van der Waals surface area contributed by atoms with E-state index in [1.165, 1.54) is 25.7 Å². The fourth-order valence-corrected chi connectivity index (χ4v) is 7.75. The van der Waals surface area contributed by atoms with Crippen LogP contribution in [0.3, 0.4) is 0 Å². The standard InChI is InChI=1S/C73H112O6/c1-4-7-10-13-16-19-22-25-28-30-32-33-34-35-36-37-38-39-41-42-45-48-51-54-57-60-63-66-72(75)78-69-70(68-77-71(74)65-62-59-56-53-50-47-44-27-24-21-18-15-12-9-6-3)79-73(76)67-64-61-58-55-52-49-46-43-40-31-29-26-23-20-17-14-11-8-5-2/h7-8,10-11,16-21,25-29,32-33,35-36,38-40,42-45,49,51-52,54,70H,4-6,9,12-15,22-24,30-31,34,37,41,46-48,50,53,55-69H2,1-3H3/b10-7-,11-8-,19-16-,20-17-,21-18-,28-25-,29-26-,33-32-,36-35-,39-38-,43-40-,44-27-,45-42-,52-49-,54-51-. The molecule has 0 aromatic rings. The molecule has 1 unspecified atom stereocenters. The Morgan fingerprint density at radius 1 is 0.266 bits per heavy atom. The van der Waals surface area contributed by atoms with Crippen LogP contribution in [0, 0.1) is 0 Å². The van der Waals surface area contributed by atoms with Crippen LogP contribution in [0.5, 0.6) is 0 Å². The quantitative estimate of drug-likeness (QED) is 0.0261. The number of rotatable bonds is 54. The van der Waals surface area contributed by atoms with Crippen LogP contribution in [-0.2, 0) is 28.6 Å². The first kappa shape index (κ1) is 73.5. The monoisotopic (exact) mass is 1080 g/mol. The molecule has 0 aromatic carbocycles. The van der Waals surface area contributed by atoms with E-state index in [9.17, 15) is 14.4 Å². The van der Waals surface area contributed by atoms with Crippen molar-refractivity contribution in [3.63, 3.8) is 0 Å². The lowest BCUT2D eigenvalue weighted by atomic mass is 10.1. The van der Waals surface area contributed by atoms with Crippen molar-refractivity contribution < 1.29 is 28.6 Å². The molecular formula is C73H112O6. The number of carbonyl (C=O) groups is 3. The predicted molar refractivity (Wildman–Crippen MR) is 343 cm³/mol. The number of carbonyl (C=O) groups excluding carboxylic acids is 3. The normalized spacial score (nSPS) is 13.4. The first-order valence-electron chi connectivity index (χ1n) is 31.3. The minimum atomic E-state index is -0.832. The predicted octanol–water partition coefficient (Wildman–Crippen LogP) is 21.7. The molecule has 0 aliphatic rings. The highest BCUT2D eigenvalue weighted by Gasteiger charge is 2.19. The van der Waals surface area contributed by atoms with Gasteiger partial charge in [-0.25, -0.2) is 0 Å². The van der Waals surface area contributed by atoms with E-state index >= 15 is 0 Å². The third-order valence-electron chi connectivity index (χ3n) is 12.4. The molecule has 79 heavy (non-hydrogen) atoms. The molecule has 0 heterocycles. The highest BCUT2D eigenvalue weighted by atomic mass is 16.6. The molecule has 0 saturated carbocycles. The van der Waals surface area contributed by atoms with Gasteiger partial charge < -0.3 is 14.2 Å². The third-order valence-corrected chi connectivity index (χ3v) is 12.4. The zero-order chi connectivity index (χ0) is 57.1. The van der Waals surface area contributed by atoms with Gasteiger partial charge in [0.25, 0.3) is 0 Å². The van der Waals surface area contributed by atoms with Crippen LogP contribution in [0.15, 0.2) is 182 Å². The Morgan fingerprint density at radius 3 is 0.810 bits per heavy atom. The van der Waals surface area contributed by atoms with E-state index < -0.39 is 6.10 Å². The first-order chi connectivity index (χ1) is 39.0. The number of unbranched alkanes of at least 4 members (excludes halogenated alkanes) is 13. The van der Waals surface area contributed by atoms with Crippen molar-refractivity contribution in [3.8, 4) is 0 Å². The topological polar surface area (TPSA) is 78.9 Å². The largest absolute Gasteiger partial charge is 0.462 e. The van der Waals surface area contributed by atoms with Gasteiger partial charge in [-0.15, -0.1) is 0 Å². The van der Waals surface area contributed by atoms with Crippen molar-refractivity contribution in [2.24, 2.45) is 0 Å². The van der Waals surface area contributed by atoms with Crippen molar-refractivity contribution in [3.05, 3.63) is 182 Å². The van der Waals surface area contributed by atoms with Crippen LogP contribution in [-0.4, -0.2) is 37.2 Å². The number of hydrogen-bond donors (Lipinski definition) is 0. The summed E-state index contributed by atoms with van der Waals surface area (Å²) in [6.07, 6.45) is 97.4. The van der Waals surface area contributed by atoms with Crippen molar-refractivity contribution in [2.45, 2.75) is 245 Å². The average molecular weight is 1090 g/mol. The molecule has 6 nitrogen and oxygen atoms in total. The molecule has 0 bridgehead atoms. The summed E-state index contributed by atoms with van der Waals surface area (Å²) in [4.78, 5) is 38.3. The van der Waals surface area contributed by atoms with Crippen LogP contribution in [0.4, 0.5) is 0 Å². The molecule has 440 valence electrons. The Labute approximate surface area is 484 Å². The summed E-state index contributed by atoms with van der Waals surface area (Å²) in [6.45, 7) is 6.29. The van der Waals surface area contributed by atoms with Crippen LogP contribution in [0.25, 0.3) is 0 Å². The van der Waals surface area contributed by atoms with Gasteiger partial charge in [0.1, 0.15) is 13.2 Å². The van der Waals surface area contributed by atoms with Gasteiger partial charge in [0.05, 0.1) is 0 Å². The number of ether oxygens (including phenoxy) is 3. The smallest absolute Gasteiger partial charge is 0.306 e. The van der Waals surface area contributed by atoms with Crippen molar-refractivity contribution >= 4 is 17.9 Å². The van der Waals surface area contributed by atoms with E-state index in [1.807, 2.05) is 0 Å². The molecular weight excluding hydrogens is 973 g/mol. The highest BCUT2D eigenvalue weighted by Crippen LogP contribution is 2.12. The van der Waals surface area contributed by atoms with Gasteiger partial charge in [-0.2, -0.15) is 0 Å². The second-order valence-corrected chi connectivity index (χ2v) is 19.8. The van der Waals surface area contributed by atoms with Crippen LogP contribution in [0.2, 0.25) is 0 Å². The molecule has 1 atom stereocenters. The van der Waals surface area contributed by atoms with Gasteiger partial charge >= 0.3 is 17.9 Å². The summed E-state index contributed by atoms with van der Waals surface area (Å²) in [7, 11) is 0. The summed E-state index contributed by atoms with van der Waals surface area (Å²) in [6, 6.07) is 0. The van der Waals surface area contributed by atoms with Crippen LogP contribution < -0.4 is 0 Å². The van der Waals surface area contributed by atoms with Gasteiger partial charge in [0.2, 0.25) is 0 Å². The SMILES string of the molecule is CC/C=C\C/C=C\C/C=C\C/C=C\C/C=C\C/C=C\C/C=C\C/C=C\CCCCC(=O)OCC(COC(=O)CCCCCCC/C=C\C/C=C\CCCCC)OC(=O)CCCCC/C=C\C/C=C\C/C=C\C/C=C\C/C=C\CC. The van der Waals surface area contributed by atoms with Crippen molar-refractivity contribution in [2.75, 3.05) is 13.2 Å². The Balaban J connectivity index is 4.56. The zero-order valence-electron chi connectivity index (χ0n) is 50.3. The maximum absolute atomic E-state index is 12.9. The van der Waals surface area contributed by atoms with Gasteiger partial charge in [-0.3, -0.25) is 14.4 Å².